The topological polar surface area (TPSA) is 109 Å². The highest BCUT2D eigenvalue weighted by atomic mass is 16.7. The van der Waals surface area contributed by atoms with Gasteiger partial charge in [-0.2, -0.15) is 5.26 Å². The van der Waals surface area contributed by atoms with E-state index in [4.69, 9.17) is 14.6 Å². The highest BCUT2D eigenvalue weighted by molar-refractivity contribution is 6.13. The molecule has 0 amide bonds. The van der Waals surface area contributed by atoms with E-state index in [1.54, 1.807) is 13.3 Å². The van der Waals surface area contributed by atoms with E-state index in [0.29, 0.717) is 11.5 Å². The van der Waals surface area contributed by atoms with Gasteiger partial charge in [0.15, 0.2) is 0 Å². The van der Waals surface area contributed by atoms with Crippen molar-refractivity contribution in [1.82, 2.24) is 25.4 Å². The molecule has 0 saturated carbocycles. The molecule has 0 aliphatic carbocycles. The summed E-state index contributed by atoms with van der Waals surface area (Å²) in [5, 5.41) is 11.5. The largest absolute Gasteiger partial charge is 0.496 e. The van der Waals surface area contributed by atoms with Gasteiger partial charge in [-0.05, 0) is 58.9 Å². The minimum atomic E-state index is -0.713. The first kappa shape index (κ1) is 21.9. The van der Waals surface area contributed by atoms with Gasteiger partial charge in [0.25, 0.3) is 0 Å². The Bertz CT molecular complexity index is 1530. The fraction of sp³-hybridized carbons (Fsp3) is 0.308. The first-order valence-corrected chi connectivity index (χ1v) is 11.1. The zero-order valence-corrected chi connectivity index (χ0v) is 20.1. The molecule has 0 fully saturated rings. The predicted molar refractivity (Wildman–Crippen MR) is 131 cm³/mol. The zero-order valence-electron chi connectivity index (χ0n) is 20.1. The molecule has 0 spiro atoms. The van der Waals surface area contributed by atoms with Crippen molar-refractivity contribution in [2.75, 3.05) is 7.11 Å². The molecule has 1 unspecified atom stereocenters. The Morgan fingerprint density at radius 1 is 1.18 bits per heavy atom. The molecule has 172 valence electrons. The molecule has 1 atom stereocenters. The van der Waals surface area contributed by atoms with Crippen molar-refractivity contribution >= 4 is 27.5 Å². The summed E-state index contributed by atoms with van der Waals surface area (Å²) in [6.07, 6.45) is 1.73. The highest BCUT2D eigenvalue weighted by Gasteiger charge is 2.27. The van der Waals surface area contributed by atoms with Crippen molar-refractivity contribution in [2.24, 2.45) is 0 Å². The lowest BCUT2D eigenvalue weighted by Gasteiger charge is -2.15. The molecule has 5 rings (SSSR count). The molecular formula is C26H26N6O2. The number of aryl methyl sites for hydroxylation is 1. The molecule has 1 aromatic carbocycles. The van der Waals surface area contributed by atoms with Crippen molar-refractivity contribution in [1.29, 1.82) is 5.26 Å². The summed E-state index contributed by atoms with van der Waals surface area (Å²) in [7, 11) is 1.67. The van der Waals surface area contributed by atoms with Crippen LogP contribution in [0.1, 0.15) is 44.8 Å². The van der Waals surface area contributed by atoms with Gasteiger partial charge in [0.05, 0.1) is 41.4 Å². The first-order valence-electron chi connectivity index (χ1n) is 11.1. The summed E-state index contributed by atoms with van der Waals surface area (Å²) in [4.78, 5) is 22.9. The van der Waals surface area contributed by atoms with Crippen LogP contribution in [0.25, 0.3) is 38.8 Å². The predicted octanol–water partition coefficient (Wildman–Crippen LogP) is 4.95. The third-order valence-electron chi connectivity index (χ3n) is 6.33. The van der Waals surface area contributed by atoms with Crippen LogP contribution >= 0.6 is 0 Å². The Labute approximate surface area is 197 Å². The number of nitrogens with zero attached hydrogens (tertiary/aromatic N) is 4. The number of allylic oxidation sites excluding steroid dienone is 1. The summed E-state index contributed by atoms with van der Waals surface area (Å²) >= 11 is 0. The smallest absolute Gasteiger partial charge is 0.142 e. The quantitative estimate of drug-likeness (QED) is 0.449. The van der Waals surface area contributed by atoms with Crippen molar-refractivity contribution in [3.8, 4) is 23.1 Å². The molecular weight excluding hydrogens is 428 g/mol. The average Bonchev–Trinajstić information content (AvgIpc) is 3.35. The number of nitrogens with one attached hydrogen (secondary N) is 2. The Kier molecular flexibility index (Phi) is 5.03. The van der Waals surface area contributed by atoms with Crippen LogP contribution in [0.4, 0.5) is 0 Å². The number of benzene rings is 1. The number of H-pyrrole nitrogens is 1. The average molecular weight is 455 g/mol. The number of nitriles is 1. The van der Waals surface area contributed by atoms with Crippen molar-refractivity contribution in [3.63, 3.8) is 0 Å². The van der Waals surface area contributed by atoms with Gasteiger partial charge in [-0.25, -0.2) is 9.97 Å². The molecule has 0 radical (unpaired) electrons. The van der Waals surface area contributed by atoms with Crippen LogP contribution in [-0.2, 0) is 10.3 Å². The van der Waals surface area contributed by atoms with Gasteiger partial charge >= 0.3 is 0 Å². The van der Waals surface area contributed by atoms with E-state index < -0.39 is 5.41 Å². The number of hydrogen-bond acceptors (Lipinski definition) is 7. The van der Waals surface area contributed by atoms with E-state index in [1.165, 1.54) is 0 Å². The Morgan fingerprint density at radius 3 is 2.65 bits per heavy atom. The number of fused-ring (bicyclic) bond motifs is 3. The second-order valence-electron chi connectivity index (χ2n) is 9.14. The lowest BCUT2D eigenvalue weighted by atomic mass is 9.89. The first-order chi connectivity index (χ1) is 16.2. The minimum Gasteiger partial charge on any atom is -0.496 e. The summed E-state index contributed by atoms with van der Waals surface area (Å²) in [6, 6.07) is 10.3. The molecule has 0 saturated heterocycles. The molecule has 8 heteroatoms. The normalized spacial score (nSPS) is 16.2. The summed E-state index contributed by atoms with van der Waals surface area (Å²) in [6.45, 7) is 9.59. The third kappa shape index (κ3) is 3.37. The Balaban J connectivity index is 1.79. The van der Waals surface area contributed by atoms with E-state index in [-0.39, 0.29) is 6.04 Å². The summed E-state index contributed by atoms with van der Waals surface area (Å²) in [5.74, 6) is 2.22. The molecule has 3 aromatic heterocycles. The van der Waals surface area contributed by atoms with Crippen molar-refractivity contribution in [2.45, 2.75) is 46.1 Å². The number of methoxy groups -OCH3 is 1. The van der Waals surface area contributed by atoms with E-state index >= 15 is 0 Å². The molecule has 0 bridgehead atoms. The zero-order chi connectivity index (χ0) is 24.2. The van der Waals surface area contributed by atoms with Gasteiger partial charge in [0, 0.05) is 33.8 Å². The molecule has 4 aromatic rings. The number of ether oxygens (including phenoxy) is 1. The maximum atomic E-state index is 9.59. The number of hydrogen-bond donors (Lipinski definition) is 2. The number of aromatic amines is 1. The molecule has 1 aliphatic rings. The fourth-order valence-corrected chi connectivity index (χ4v) is 4.52. The maximum absolute atomic E-state index is 9.59. The number of hydroxylamine groups is 1. The van der Waals surface area contributed by atoms with Crippen LogP contribution in [0.5, 0.6) is 5.75 Å². The van der Waals surface area contributed by atoms with Crippen molar-refractivity contribution in [3.05, 3.63) is 53.3 Å². The van der Waals surface area contributed by atoms with Crippen LogP contribution in [-0.4, -0.2) is 33.1 Å². The molecule has 2 N–H and O–H groups in total. The van der Waals surface area contributed by atoms with Crippen LogP contribution in [0.3, 0.4) is 0 Å². The Hall–Kier alpha value is -3.96. The van der Waals surface area contributed by atoms with Crippen molar-refractivity contribution < 1.29 is 9.57 Å². The van der Waals surface area contributed by atoms with E-state index in [2.05, 4.69) is 39.5 Å². The number of rotatable bonds is 4. The van der Waals surface area contributed by atoms with Gasteiger partial charge < -0.3 is 14.6 Å². The Morgan fingerprint density at radius 2 is 1.97 bits per heavy atom. The maximum Gasteiger partial charge on any atom is 0.142 e. The van der Waals surface area contributed by atoms with Gasteiger partial charge in [-0.1, -0.05) is 0 Å². The van der Waals surface area contributed by atoms with Gasteiger partial charge in [-0.15, -0.1) is 5.48 Å². The van der Waals surface area contributed by atoms with Crippen LogP contribution in [0, 0.1) is 18.3 Å². The number of aromatic nitrogens is 4. The minimum absolute atomic E-state index is 0.0343. The van der Waals surface area contributed by atoms with E-state index in [9.17, 15) is 5.26 Å². The lowest BCUT2D eigenvalue weighted by molar-refractivity contribution is 0.122. The van der Waals surface area contributed by atoms with E-state index in [0.717, 1.165) is 55.8 Å². The molecule has 8 nitrogen and oxygen atoms in total. The standard InChI is InChI=1S/C26H26N6O2/c1-13-22(14(2)34-32-13)18-10-19-17(11-20(18)33-6)23-24(29-15(3)30-25(23)31-19)16-7-8-28-21(9-16)26(4,5)12-27/h7-11,13,32H,1-6H3,(H,29,30,31). The van der Waals surface area contributed by atoms with Gasteiger partial charge in [0.1, 0.15) is 23.0 Å². The van der Waals surface area contributed by atoms with Gasteiger partial charge in [0.2, 0.25) is 0 Å². The molecule has 4 heterocycles. The summed E-state index contributed by atoms with van der Waals surface area (Å²) < 4.78 is 5.81. The van der Waals surface area contributed by atoms with E-state index in [1.807, 2.05) is 45.9 Å². The third-order valence-corrected chi connectivity index (χ3v) is 6.33. The SMILES string of the molecule is COc1cc2c(cc1C1=C(C)ONC1C)[nH]c1nc(C)nc(-c3ccnc(C(C)(C)C#N)c3)c12. The summed E-state index contributed by atoms with van der Waals surface area (Å²) in [5.41, 5.74) is 8.36. The number of pyridine rings is 1. The van der Waals surface area contributed by atoms with Crippen LogP contribution in [0.15, 0.2) is 36.2 Å². The monoisotopic (exact) mass is 454 g/mol. The molecule has 34 heavy (non-hydrogen) atoms. The van der Waals surface area contributed by atoms with Crippen LogP contribution < -0.4 is 10.2 Å². The second kappa shape index (κ2) is 7.82. The van der Waals surface area contributed by atoms with Gasteiger partial charge in [-0.3, -0.25) is 4.98 Å². The molecule has 1 aliphatic heterocycles. The lowest BCUT2D eigenvalue weighted by Crippen LogP contribution is -2.19. The fourth-order valence-electron chi connectivity index (χ4n) is 4.52. The second-order valence-corrected chi connectivity index (χ2v) is 9.14. The highest BCUT2D eigenvalue weighted by Crippen LogP contribution is 2.40. The van der Waals surface area contributed by atoms with Crippen LogP contribution in [0.2, 0.25) is 0 Å².